The van der Waals surface area contributed by atoms with Crippen molar-refractivity contribution in [2.75, 3.05) is 28.2 Å². The van der Waals surface area contributed by atoms with Gasteiger partial charge in [-0.15, -0.1) is 0 Å². The van der Waals surface area contributed by atoms with Gasteiger partial charge in [-0.2, -0.15) is 0 Å². The Balaban J connectivity index is 0.000000196. The molecule has 0 saturated heterocycles. The standard InChI is InChI=1S/2C22H23ClN2O8/c2*1-21(32)7-6-8-15(25(2)3)17(28)13(20(24)31)19(30)22(8,33)18(29)11(7)16(27)12-10(26)5-4-9(23)14(12)21/h2*4-5,7-8,15,26,28-29,32-33H,6H2,1-3H3,(H2,24,31)/t2*7-,8-,15-,21-,22-/m00/s1. The molecule has 0 radical (unpaired) electrons. The minimum atomic E-state index is -2.78. The Morgan fingerprint density at radius 2 is 0.894 bits per heavy atom. The number of aliphatic hydroxyl groups is 8. The van der Waals surface area contributed by atoms with Gasteiger partial charge in [-0.25, -0.2) is 0 Å². The molecule has 0 fully saturated rings. The molecule has 0 spiro atoms. The van der Waals surface area contributed by atoms with Gasteiger partial charge in [0.2, 0.25) is 11.6 Å². The normalized spacial score (nSPS) is 33.7. The summed E-state index contributed by atoms with van der Waals surface area (Å²) < 4.78 is 0. The predicted octanol–water partition coefficient (Wildman–Crippen LogP) is 0.878. The first-order chi connectivity index (χ1) is 30.4. The number of fused-ring (bicyclic) bond motifs is 6. The van der Waals surface area contributed by atoms with Crippen molar-refractivity contribution in [3.63, 3.8) is 0 Å². The van der Waals surface area contributed by atoms with Crippen molar-refractivity contribution in [2.24, 2.45) is 35.1 Å². The highest BCUT2D eigenvalue weighted by molar-refractivity contribution is 6.33. The summed E-state index contributed by atoms with van der Waals surface area (Å²) in [6, 6.07) is 2.59. The quantitative estimate of drug-likeness (QED) is 0.189. The van der Waals surface area contributed by atoms with Crippen LogP contribution in [0.5, 0.6) is 11.5 Å². The number of Topliss-reactive ketones (excluding diaryl/α,β-unsaturated/α-hetero) is 4. The molecule has 10 atom stereocenters. The first-order valence-corrected chi connectivity index (χ1v) is 20.9. The zero-order valence-electron chi connectivity index (χ0n) is 35.9. The lowest BCUT2D eigenvalue weighted by atomic mass is 9.55. The molecule has 2 amide bonds. The van der Waals surface area contributed by atoms with Crippen LogP contribution in [0.15, 0.2) is 69.6 Å². The van der Waals surface area contributed by atoms with Crippen molar-refractivity contribution in [1.29, 1.82) is 0 Å². The van der Waals surface area contributed by atoms with E-state index in [0.29, 0.717) is 0 Å². The van der Waals surface area contributed by atoms with Crippen molar-refractivity contribution in [2.45, 2.75) is 61.2 Å². The number of carbonyl (C=O) groups is 6. The summed E-state index contributed by atoms with van der Waals surface area (Å²) in [7, 11) is 6.06. The summed E-state index contributed by atoms with van der Waals surface area (Å²) >= 11 is 12.5. The topological polar surface area (TPSA) is 363 Å². The van der Waals surface area contributed by atoms with Gasteiger partial charge in [-0.3, -0.25) is 38.6 Å². The van der Waals surface area contributed by atoms with Crippen LogP contribution in [-0.4, -0.2) is 147 Å². The number of phenolic OH excluding ortho intramolecular Hbond substituents is 2. The van der Waals surface area contributed by atoms with Crippen molar-refractivity contribution in [1.82, 2.24) is 9.80 Å². The van der Waals surface area contributed by atoms with E-state index in [9.17, 15) is 79.8 Å². The van der Waals surface area contributed by atoms with Gasteiger partial charge >= 0.3 is 0 Å². The highest BCUT2D eigenvalue weighted by atomic mass is 35.5. The predicted molar refractivity (Wildman–Crippen MR) is 229 cm³/mol. The number of likely N-dealkylation sites (N-methyl/N-ethyl adjacent to an activating group) is 2. The van der Waals surface area contributed by atoms with E-state index >= 15 is 0 Å². The molecule has 0 aromatic heterocycles. The van der Waals surface area contributed by atoms with Gasteiger partial charge in [-0.1, -0.05) is 23.2 Å². The molecule has 0 bridgehead atoms. The number of nitrogens with zero attached hydrogens (tertiary/aromatic N) is 2. The van der Waals surface area contributed by atoms with Crippen LogP contribution in [0, 0.1) is 23.7 Å². The minimum Gasteiger partial charge on any atom is -0.510 e. The SMILES string of the molecule is CN(C)[C@@H]1C(O)=C(C(N)=O)C(=O)[C@@]2(O)C(O)=C3C(=O)c4c(O)ccc(Cl)c4[C@@](C)(O)[C@H]3C[C@@H]12.CN(C)[C@@H]1C(O)=C(C(N)=O)C(=O)[C@@]2(O)C(O)=C3C(=O)c4c(O)ccc(Cl)c4[C@@](C)(O)[C@H]3C[C@@H]12. The number of primary amides is 2. The number of hydrogen-bond donors (Lipinski definition) is 12. The summed E-state index contributed by atoms with van der Waals surface area (Å²) in [6.07, 6.45) is -0.518. The molecule has 66 heavy (non-hydrogen) atoms. The number of ketones is 4. The number of aromatic hydroxyl groups is 2. The summed E-state index contributed by atoms with van der Waals surface area (Å²) in [5.74, 6) is -16.6. The highest BCUT2D eigenvalue weighted by Gasteiger charge is 2.68. The smallest absolute Gasteiger partial charge is 0.255 e. The van der Waals surface area contributed by atoms with E-state index in [2.05, 4.69) is 0 Å². The summed E-state index contributed by atoms with van der Waals surface area (Å²) in [5, 5.41) is 111. The summed E-state index contributed by atoms with van der Waals surface area (Å²) in [6.45, 7) is 2.68. The van der Waals surface area contributed by atoms with E-state index in [1.807, 2.05) is 0 Å². The summed E-state index contributed by atoms with van der Waals surface area (Å²) in [5.41, 5.74) is -2.42. The van der Waals surface area contributed by atoms with Gasteiger partial charge in [0.25, 0.3) is 11.8 Å². The maximum atomic E-state index is 13.4. The lowest BCUT2D eigenvalue weighted by molar-refractivity contribution is -0.152. The van der Waals surface area contributed by atoms with Crippen LogP contribution >= 0.6 is 23.2 Å². The minimum absolute atomic E-state index is 0.00293. The Kier molecular flexibility index (Phi) is 11.2. The van der Waals surface area contributed by atoms with Crippen LogP contribution in [0.3, 0.4) is 0 Å². The molecule has 0 unspecified atom stereocenters. The van der Waals surface area contributed by atoms with Crippen LogP contribution in [0.1, 0.15) is 58.5 Å². The Labute approximate surface area is 384 Å². The number of nitrogens with two attached hydrogens (primary N) is 2. The average molecular weight is 958 g/mol. The first-order valence-electron chi connectivity index (χ1n) is 20.2. The van der Waals surface area contributed by atoms with Crippen LogP contribution in [-0.2, 0) is 30.4 Å². The van der Waals surface area contributed by atoms with Gasteiger partial charge in [0.15, 0.2) is 22.8 Å². The molecule has 22 heteroatoms. The van der Waals surface area contributed by atoms with Gasteiger partial charge in [0, 0.05) is 56.0 Å². The molecular weight excluding hydrogens is 911 g/mol. The van der Waals surface area contributed by atoms with Gasteiger partial charge in [0.1, 0.15) is 45.7 Å². The Morgan fingerprint density at radius 1 is 0.591 bits per heavy atom. The fourth-order valence-electron chi connectivity index (χ4n) is 11.2. The van der Waals surface area contributed by atoms with Crippen molar-refractivity contribution >= 4 is 58.1 Å². The summed E-state index contributed by atoms with van der Waals surface area (Å²) in [4.78, 5) is 80.0. The average Bonchev–Trinajstić information content (AvgIpc) is 3.20. The van der Waals surface area contributed by atoms with E-state index in [1.165, 1.54) is 64.0 Å². The second kappa shape index (κ2) is 15.4. The molecule has 0 aliphatic heterocycles. The van der Waals surface area contributed by atoms with Crippen LogP contribution in [0.2, 0.25) is 10.0 Å². The second-order valence-electron chi connectivity index (χ2n) is 18.2. The maximum Gasteiger partial charge on any atom is 0.255 e. The highest BCUT2D eigenvalue weighted by Crippen LogP contribution is 2.59. The third-order valence-corrected chi connectivity index (χ3v) is 14.8. The molecule has 20 nitrogen and oxygen atoms in total. The van der Waals surface area contributed by atoms with Crippen LogP contribution in [0.4, 0.5) is 0 Å². The molecule has 8 rings (SSSR count). The number of halogens is 2. The molecule has 6 aliphatic carbocycles. The molecular formula is C44H46Cl2N4O16. The number of carbonyl (C=O) groups excluding carboxylic acids is 6. The first kappa shape index (κ1) is 48.1. The van der Waals surface area contributed by atoms with Crippen molar-refractivity contribution in [3.05, 3.63) is 102 Å². The number of phenols is 2. The third kappa shape index (κ3) is 6.12. The zero-order valence-corrected chi connectivity index (χ0v) is 37.4. The van der Waals surface area contributed by atoms with Gasteiger partial charge in [0.05, 0.1) is 34.4 Å². The number of aliphatic hydroxyl groups excluding tert-OH is 4. The fraction of sp³-hybridized carbons (Fsp3) is 0.409. The molecule has 0 saturated carbocycles. The van der Waals surface area contributed by atoms with E-state index < -0.39 is 150 Å². The lowest BCUT2D eigenvalue weighted by Gasteiger charge is -2.52. The van der Waals surface area contributed by atoms with Gasteiger partial charge in [-0.05, 0) is 79.1 Å². The van der Waals surface area contributed by atoms with E-state index in [4.69, 9.17) is 34.7 Å². The molecule has 0 heterocycles. The Morgan fingerprint density at radius 3 is 1.17 bits per heavy atom. The monoisotopic (exact) mass is 956 g/mol. The number of benzene rings is 2. The third-order valence-electron chi connectivity index (χ3n) is 14.1. The van der Waals surface area contributed by atoms with E-state index in [1.54, 1.807) is 0 Å². The molecule has 352 valence electrons. The second-order valence-corrected chi connectivity index (χ2v) is 19.0. The maximum absolute atomic E-state index is 13.4. The molecule has 2 aromatic carbocycles. The van der Waals surface area contributed by atoms with Crippen molar-refractivity contribution < 1.29 is 79.8 Å². The Hall–Kier alpha value is -5.84. The Bertz CT molecular complexity index is 2590. The molecule has 2 aromatic rings. The number of amides is 2. The fourth-order valence-corrected chi connectivity index (χ4v) is 11.9. The number of rotatable bonds is 4. The van der Waals surface area contributed by atoms with E-state index in [-0.39, 0.29) is 45.1 Å². The van der Waals surface area contributed by atoms with E-state index in [0.717, 1.165) is 12.1 Å². The number of hydrogen-bond acceptors (Lipinski definition) is 18. The lowest BCUT2D eigenvalue weighted by Crippen LogP contribution is -2.65. The van der Waals surface area contributed by atoms with Crippen LogP contribution in [0.25, 0.3) is 0 Å². The zero-order chi connectivity index (χ0) is 49.6. The van der Waals surface area contributed by atoms with Crippen molar-refractivity contribution in [3.8, 4) is 11.5 Å². The van der Waals surface area contributed by atoms with Crippen LogP contribution < -0.4 is 11.5 Å². The molecule has 14 N–H and O–H groups in total. The largest absolute Gasteiger partial charge is 0.510 e. The van der Waals surface area contributed by atoms with Gasteiger partial charge < -0.3 is 62.5 Å². The molecule has 6 aliphatic rings.